The summed E-state index contributed by atoms with van der Waals surface area (Å²) in [6, 6.07) is 12.7. The summed E-state index contributed by atoms with van der Waals surface area (Å²) < 4.78 is 5.07. The molecule has 2 rings (SSSR count). The van der Waals surface area contributed by atoms with Gasteiger partial charge in [0, 0.05) is 11.4 Å². The third-order valence-electron chi connectivity index (χ3n) is 2.79. The predicted molar refractivity (Wildman–Crippen MR) is 82.2 cm³/mol. The van der Waals surface area contributed by atoms with E-state index in [1.54, 1.807) is 11.3 Å². The van der Waals surface area contributed by atoms with E-state index in [0.717, 1.165) is 26.1 Å². The molecule has 2 nitrogen and oxygen atoms in total. The number of ether oxygens (including phenoxy) is 1. The van der Waals surface area contributed by atoms with Crippen molar-refractivity contribution in [2.75, 3.05) is 13.2 Å². The van der Waals surface area contributed by atoms with Gasteiger partial charge in [-0.1, -0.05) is 36.9 Å². The van der Waals surface area contributed by atoms with Crippen LogP contribution in [-0.4, -0.2) is 13.2 Å². The van der Waals surface area contributed by atoms with Crippen LogP contribution in [0.1, 0.15) is 11.3 Å². The first-order valence-corrected chi connectivity index (χ1v) is 7.34. The topological polar surface area (TPSA) is 21.3 Å². The minimum absolute atomic E-state index is 0.732. The van der Waals surface area contributed by atoms with Crippen LogP contribution in [0.4, 0.5) is 0 Å². The summed E-state index contributed by atoms with van der Waals surface area (Å²) in [6.07, 6.45) is 2.49. The van der Waals surface area contributed by atoms with Crippen LogP contribution in [0.2, 0.25) is 0 Å². The van der Waals surface area contributed by atoms with Crippen LogP contribution in [0.15, 0.2) is 54.6 Å². The van der Waals surface area contributed by atoms with Crippen molar-refractivity contribution in [3.05, 3.63) is 59.5 Å². The molecule has 2 aromatic rings. The largest absolute Gasteiger partial charge is 0.502 e. The van der Waals surface area contributed by atoms with Crippen molar-refractivity contribution >= 4 is 11.3 Å². The molecule has 0 radical (unpaired) electrons. The zero-order valence-corrected chi connectivity index (χ0v) is 11.8. The summed E-state index contributed by atoms with van der Waals surface area (Å²) in [7, 11) is 0. The molecule has 0 saturated heterocycles. The number of hydrogen-bond acceptors (Lipinski definition) is 3. The second kappa shape index (κ2) is 7.77. The van der Waals surface area contributed by atoms with E-state index < -0.39 is 0 Å². The quantitative estimate of drug-likeness (QED) is 0.578. The lowest BCUT2D eigenvalue weighted by Gasteiger charge is -2.02. The minimum atomic E-state index is 0.732. The molecule has 0 aliphatic rings. The summed E-state index contributed by atoms with van der Waals surface area (Å²) >= 11 is 1.80. The molecule has 3 heteroatoms. The number of thiophene rings is 1. The SMILES string of the molecule is C=COCCCNCc1cc(-c2ccccc2)cs1. The Bertz CT molecular complexity index is 492. The smallest absolute Gasteiger partial charge is 0.0885 e. The van der Waals surface area contributed by atoms with E-state index in [0.29, 0.717) is 0 Å². The zero-order chi connectivity index (χ0) is 13.3. The van der Waals surface area contributed by atoms with Gasteiger partial charge in [-0.3, -0.25) is 0 Å². The van der Waals surface area contributed by atoms with E-state index in [4.69, 9.17) is 4.74 Å². The monoisotopic (exact) mass is 273 g/mol. The Kier molecular flexibility index (Phi) is 5.66. The first-order chi connectivity index (χ1) is 9.40. The summed E-state index contributed by atoms with van der Waals surface area (Å²) in [4.78, 5) is 1.36. The fourth-order valence-electron chi connectivity index (χ4n) is 1.83. The molecular formula is C16H19NOS. The second-order valence-corrected chi connectivity index (χ2v) is 5.23. The van der Waals surface area contributed by atoms with Crippen LogP contribution in [-0.2, 0) is 11.3 Å². The van der Waals surface area contributed by atoms with Gasteiger partial charge in [-0.2, -0.15) is 0 Å². The van der Waals surface area contributed by atoms with Crippen LogP contribution >= 0.6 is 11.3 Å². The van der Waals surface area contributed by atoms with Crippen LogP contribution in [0, 0.1) is 0 Å². The number of rotatable bonds is 8. The maximum Gasteiger partial charge on any atom is 0.0885 e. The number of benzene rings is 1. The molecule has 0 bridgehead atoms. The highest BCUT2D eigenvalue weighted by atomic mass is 32.1. The first-order valence-electron chi connectivity index (χ1n) is 6.46. The lowest BCUT2D eigenvalue weighted by molar-refractivity contribution is 0.244. The molecule has 0 atom stereocenters. The lowest BCUT2D eigenvalue weighted by atomic mass is 10.1. The Labute approximate surface area is 118 Å². The van der Waals surface area contributed by atoms with Crippen LogP contribution in [0.3, 0.4) is 0 Å². The van der Waals surface area contributed by atoms with Crippen LogP contribution < -0.4 is 5.32 Å². The predicted octanol–water partition coefficient (Wildman–Crippen LogP) is 4.05. The van der Waals surface area contributed by atoms with Gasteiger partial charge in [-0.15, -0.1) is 11.3 Å². The average molecular weight is 273 g/mol. The molecule has 0 unspecified atom stereocenters. The highest BCUT2D eigenvalue weighted by Crippen LogP contribution is 2.25. The van der Waals surface area contributed by atoms with Gasteiger partial charge >= 0.3 is 0 Å². The van der Waals surface area contributed by atoms with Crippen LogP contribution in [0.5, 0.6) is 0 Å². The van der Waals surface area contributed by atoms with Crippen molar-refractivity contribution in [2.24, 2.45) is 0 Å². The zero-order valence-electron chi connectivity index (χ0n) is 11.0. The molecule has 0 aliphatic carbocycles. The molecule has 0 spiro atoms. The maximum absolute atomic E-state index is 5.07. The Balaban J connectivity index is 1.77. The summed E-state index contributed by atoms with van der Waals surface area (Å²) in [5, 5.41) is 5.64. The van der Waals surface area contributed by atoms with E-state index in [2.05, 4.69) is 47.6 Å². The molecule has 100 valence electrons. The Morgan fingerprint density at radius 3 is 2.84 bits per heavy atom. The van der Waals surface area contributed by atoms with Gasteiger partial charge < -0.3 is 10.1 Å². The Morgan fingerprint density at radius 2 is 2.05 bits per heavy atom. The average Bonchev–Trinajstić information content (AvgIpc) is 2.92. The fourth-order valence-corrected chi connectivity index (χ4v) is 2.69. The van der Waals surface area contributed by atoms with Crippen molar-refractivity contribution < 1.29 is 4.74 Å². The molecule has 1 N–H and O–H groups in total. The van der Waals surface area contributed by atoms with E-state index >= 15 is 0 Å². The number of nitrogens with one attached hydrogen (secondary N) is 1. The van der Waals surface area contributed by atoms with Crippen LogP contribution in [0.25, 0.3) is 11.1 Å². The van der Waals surface area contributed by atoms with Gasteiger partial charge in [-0.25, -0.2) is 0 Å². The Hall–Kier alpha value is -1.58. The van der Waals surface area contributed by atoms with Crippen molar-refractivity contribution in [2.45, 2.75) is 13.0 Å². The van der Waals surface area contributed by atoms with E-state index in [1.807, 2.05) is 6.07 Å². The molecule has 0 fully saturated rings. The maximum atomic E-state index is 5.07. The van der Waals surface area contributed by atoms with Crippen molar-refractivity contribution in [3.63, 3.8) is 0 Å². The standard InChI is InChI=1S/C16H19NOS/c1-2-18-10-6-9-17-12-16-11-15(13-19-16)14-7-4-3-5-8-14/h2-5,7-8,11,13,17H,1,6,9-10,12H2. The van der Waals surface area contributed by atoms with Crippen molar-refractivity contribution in [3.8, 4) is 11.1 Å². The molecule has 0 saturated carbocycles. The normalized spacial score (nSPS) is 10.3. The van der Waals surface area contributed by atoms with Gasteiger partial charge in [0.1, 0.15) is 0 Å². The van der Waals surface area contributed by atoms with E-state index in [9.17, 15) is 0 Å². The molecular weight excluding hydrogens is 254 g/mol. The van der Waals surface area contributed by atoms with Gasteiger partial charge in [0.05, 0.1) is 12.9 Å². The first kappa shape index (κ1) is 13.8. The Morgan fingerprint density at radius 1 is 1.21 bits per heavy atom. The third kappa shape index (κ3) is 4.54. The van der Waals surface area contributed by atoms with E-state index in [-0.39, 0.29) is 0 Å². The van der Waals surface area contributed by atoms with Crippen molar-refractivity contribution in [1.82, 2.24) is 5.32 Å². The van der Waals surface area contributed by atoms with Crippen molar-refractivity contribution in [1.29, 1.82) is 0 Å². The van der Waals surface area contributed by atoms with Gasteiger partial charge in [0.25, 0.3) is 0 Å². The highest BCUT2D eigenvalue weighted by molar-refractivity contribution is 7.10. The summed E-state index contributed by atoms with van der Waals surface area (Å²) in [5.74, 6) is 0. The van der Waals surface area contributed by atoms with Gasteiger partial charge in [0.2, 0.25) is 0 Å². The molecule has 19 heavy (non-hydrogen) atoms. The molecule has 0 aliphatic heterocycles. The molecule has 0 amide bonds. The minimum Gasteiger partial charge on any atom is -0.502 e. The number of hydrogen-bond donors (Lipinski definition) is 1. The van der Waals surface area contributed by atoms with Gasteiger partial charge in [-0.05, 0) is 35.5 Å². The van der Waals surface area contributed by atoms with Gasteiger partial charge in [0.15, 0.2) is 0 Å². The summed E-state index contributed by atoms with van der Waals surface area (Å²) in [5.41, 5.74) is 2.58. The summed E-state index contributed by atoms with van der Waals surface area (Å²) in [6.45, 7) is 6.14. The molecule has 1 aromatic carbocycles. The van der Waals surface area contributed by atoms with E-state index in [1.165, 1.54) is 22.3 Å². The lowest BCUT2D eigenvalue weighted by Crippen LogP contribution is -2.15. The molecule has 1 aromatic heterocycles. The second-order valence-electron chi connectivity index (χ2n) is 4.24. The third-order valence-corrected chi connectivity index (χ3v) is 3.73. The highest BCUT2D eigenvalue weighted by Gasteiger charge is 2.01. The molecule has 1 heterocycles. The fraction of sp³-hybridized carbons (Fsp3) is 0.250.